The third-order valence-corrected chi connectivity index (χ3v) is 11.4. The average molecular weight is 993 g/mol. The molecule has 390 valence electrons. The quantitative estimate of drug-likeness (QED) is 0.0387. The zero-order chi connectivity index (χ0) is 53.3. The molecule has 16 heteroatoms. The summed E-state index contributed by atoms with van der Waals surface area (Å²) in [5.41, 5.74) is 3.38. The first-order valence-corrected chi connectivity index (χ1v) is 24.7. The predicted octanol–water partition coefficient (Wildman–Crippen LogP) is 4.86. The van der Waals surface area contributed by atoms with Gasteiger partial charge in [-0.2, -0.15) is 0 Å². The van der Waals surface area contributed by atoms with E-state index in [4.69, 9.17) is 0 Å². The summed E-state index contributed by atoms with van der Waals surface area (Å²) in [6.45, 7) is 14.6. The van der Waals surface area contributed by atoms with Gasteiger partial charge in [0, 0.05) is 25.7 Å². The zero-order valence-electron chi connectivity index (χ0n) is 42.9. The number of aliphatic hydroxyl groups is 1. The minimum absolute atomic E-state index is 0.0976. The number of phenolic OH excluding ortho intramolecular Hbond substituents is 2. The van der Waals surface area contributed by atoms with Gasteiger partial charge >= 0.3 is 0 Å². The summed E-state index contributed by atoms with van der Waals surface area (Å²) in [5.74, 6) is -2.42. The molecule has 6 amide bonds. The lowest BCUT2D eigenvalue weighted by Crippen LogP contribution is -2.57. The van der Waals surface area contributed by atoms with Gasteiger partial charge in [-0.3, -0.25) is 28.8 Å². The number of hydrogen-bond donors (Lipinski definition) is 9. The van der Waals surface area contributed by atoms with Crippen molar-refractivity contribution in [1.82, 2.24) is 31.9 Å². The molecule has 0 spiro atoms. The Balaban J connectivity index is 0.000000380. The monoisotopic (exact) mass is 993 g/mol. The van der Waals surface area contributed by atoms with E-state index in [9.17, 15) is 48.9 Å². The highest BCUT2D eigenvalue weighted by atomic mass is 16.3. The Hall–Kier alpha value is -7.07. The van der Waals surface area contributed by atoms with Crippen LogP contribution in [0, 0.1) is 23.7 Å². The Labute approximate surface area is 424 Å². The number of rotatable bonds is 26. The summed E-state index contributed by atoms with van der Waals surface area (Å²) in [6, 6.07) is 26.8. The standard InChI is InChI=1S/C28H39N3O5.C28H37N3O5/c2*1-18(2)14-25(34)30-24(16-21-10-12-23(33)13-11-21)27(35)31-26(19(3)4)28(36)29-22(17-32)15-20-8-6-5-7-9-20/h5-13,18-19,22,24,26,32-33H,14-17H2,1-4H3,(H,29,36)(H,30,34)(H,31,35);5-13,17-19,22,24,26,33H,14-16H2,1-4H3,(H,29,36)(H,30,34)(H,31,35)/t2*22-,24-,26-/m00/s1. The molecule has 16 nitrogen and oxygen atoms in total. The molecule has 0 saturated carbocycles. The van der Waals surface area contributed by atoms with Crippen LogP contribution >= 0.6 is 0 Å². The van der Waals surface area contributed by atoms with Crippen molar-refractivity contribution < 1.29 is 48.9 Å². The van der Waals surface area contributed by atoms with Gasteiger partial charge in [0.1, 0.15) is 42.0 Å². The van der Waals surface area contributed by atoms with Gasteiger partial charge < -0.3 is 52.0 Å². The van der Waals surface area contributed by atoms with E-state index in [2.05, 4.69) is 31.9 Å². The molecule has 0 aliphatic heterocycles. The van der Waals surface area contributed by atoms with E-state index in [1.54, 1.807) is 38.1 Å². The smallest absolute Gasteiger partial charge is 0.243 e. The Morgan fingerprint density at radius 1 is 0.444 bits per heavy atom. The summed E-state index contributed by atoms with van der Waals surface area (Å²) in [6.07, 6.45) is 2.39. The molecule has 0 fully saturated rings. The van der Waals surface area contributed by atoms with Gasteiger partial charge in [0.05, 0.1) is 18.7 Å². The third-order valence-electron chi connectivity index (χ3n) is 11.4. The fraction of sp³-hybridized carbons (Fsp3) is 0.446. The van der Waals surface area contributed by atoms with Crippen LogP contribution in [0.25, 0.3) is 0 Å². The number of aromatic hydroxyl groups is 2. The van der Waals surface area contributed by atoms with E-state index < -0.39 is 59.9 Å². The third kappa shape index (κ3) is 21.9. The number of phenols is 2. The lowest BCUT2D eigenvalue weighted by Gasteiger charge is -2.27. The lowest BCUT2D eigenvalue weighted by molar-refractivity contribution is -0.133. The summed E-state index contributed by atoms with van der Waals surface area (Å²) in [7, 11) is 0. The van der Waals surface area contributed by atoms with Gasteiger partial charge in [-0.25, -0.2) is 0 Å². The van der Waals surface area contributed by atoms with E-state index in [0.717, 1.165) is 22.3 Å². The summed E-state index contributed by atoms with van der Waals surface area (Å²) < 4.78 is 0. The number of hydrogen-bond acceptors (Lipinski definition) is 10. The van der Waals surface area contributed by atoms with Gasteiger partial charge in [0.15, 0.2) is 0 Å². The SMILES string of the molecule is CC(C)CC(=O)N[C@@H](Cc1ccc(O)cc1)C(=O)N[C@H](C(=O)N[C@H](C=O)Cc1ccccc1)C(C)C.CC(C)CC(=O)N[C@@H](Cc1ccc(O)cc1)C(=O)N[C@H](C(=O)N[C@H](CO)Cc1ccccc1)C(C)C. The average Bonchev–Trinajstić information content (AvgIpc) is 3.32. The van der Waals surface area contributed by atoms with Crippen molar-refractivity contribution in [3.8, 4) is 11.5 Å². The largest absolute Gasteiger partial charge is 0.508 e. The molecule has 4 aromatic rings. The van der Waals surface area contributed by atoms with E-state index >= 15 is 0 Å². The van der Waals surface area contributed by atoms with Crippen molar-refractivity contribution in [3.05, 3.63) is 131 Å². The minimum atomic E-state index is -0.916. The number of aliphatic hydroxyl groups excluding tert-OH is 1. The molecule has 0 heterocycles. The van der Waals surface area contributed by atoms with Gasteiger partial charge in [-0.1, -0.05) is 140 Å². The van der Waals surface area contributed by atoms with E-state index in [1.807, 2.05) is 102 Å². The van der Waals surface area contributed by atoms with Crippen LogP contribution in [0.4, 0.5) is 0 Å². The molecule has 0 aliphatic rings. The van der Waals surface area contributed by atoms with Crippen LogP contribution in [0.3, 0.4) is 0 Å². The van der Waals surface area contributed by atoms with Crippen molar-refractivity contribution in [2.75, 3.05) is 6.61 Å². The van der Waals surface area contributed by atoms with Crippen LogP contribution in [-0.4, -0.2) is 99.9 Å². The molecule has 0 saturated heterocycles. The van der Waals surface area contributed by atoms with Gasteiger partial charge in [-0.05, 0) is 83.0 Å². The predicted molar refractivity (Wildman–Crippen MR) is 277 cm³/mol. The maximum Gasteiger partial charge on any atom is 0.243 e. The highest BCUT2D eigenvalue weighted by Gasteiger charge is 2.32. The molecule has 0 unspecified atom stereocenters. The molecule has 72 heavy (non-hydrogen) atoms. The van der Waals surface area contributed by atoms with Gasteiger partial charge in [0.2, 0.25) is 35.4 Å². The van der Waals surface area contributed by atoms with Crippen molar-refractivity contribution >= 4 is 41.7 Å². The fourth-order valence-corrected chi connectivity index (χ4v) is 7.60. The highest BCUT2D eigenvalue weighted by molar-refractivity contribution is 5.94. The molecule has 4 rings (SSSR count). The first-order valence-electron chi connectivity index (χ1n) is 24.7. The molecule has 0 aliphatic carbocycles. The number of carbonyl (C=O) groups excluding carboxylic acids is 7. The molecule has 6 atom stereocenters. The number of benzene rings is 4. The number of amides is 6. The first kappa shape index (κ1) is 59.2. The molecule has 9 N–H and O–H groups in total. The maximum atomic E-state index is 13.3. The van der Waals surface area contributed by atoms with Crippen LogP contribution in [0.1, 0.15) is 90.5 Å². The molecular formula is C56H76N6O10. The highest BCUT2D eigenvalue weighted by Crippen LogP contribution is 2.15. The number of carbonyl (C=O) groups is 7. The summed E-state index contributed by atoms with van der Waals surface area (Å²) >= 11 is 0. The maximum absolute atomic E-state index is 13.3. The second-order valence-corrected chi connectivity index (χ2v) is 19.7. The first-order chi connectivity index (χ1) is 34.2. The van der Waals surface area contributed by atoms with Crippen molar-refractivity contribution in [1.29, 1.82) is 0 Å². The Bertz CT molecular complexity index is 2310. The molecule has 0 bridgehead atoms. The van der Waals surface area contributed by atoms with Crippen LogP contribution in [0.5, 0.6) is 11.5 Å². The zero-order valence-corrected chi connectivity index (χ0v) is 42.9. The number of aldehydes is 1. The molecule has 0 aromatic heterocycles. The van der Waals surface area contributed by atoms with Crippen molar-refractivity contribution in [3.63, 3.8) is 0 Å². The van der Waals surface area contributed by atoms with E-state index in [0.29, 0.717) is 19.1 Å². The van der Waals surface area contributed by atoms with Crippen LogP contribution in [-0.2, 0) is 59.2 Å². The molecule has 0 radical (unpaired) electrons. The summed E-state index contributed by atoms with van der Waals surface area (Å²) in [4.78, 5) is 89.4. The summed E-state index contributed by atoms with van der Waals surface area (Å²) in [5, 5.41) is 45.6. The van der Waals surface area contributed by atoms with Crippen LogP contribution in [0.2, 0.25) is 0 Å². The lowest BCUT2D eigenvalue weighted by atomic mass is 9.99. The van der Waals surface area contributed by atoms with Crippen molar-refractivity contribution in [2.24, 2.45) is 23.7 Å². The van der Waals surface area contributed by atoms with Crippen molar-refractivity contribution in [2.45, 2.75) is 130 Å². The number of nitrogens with one attached hydrogen (secondary N) is 6. The topological polar surface area (TPSA) is 252 Å². The minimum Gasteiger partial charge on any atom is -0.508 e. The Kier molecular flexibility index (Phi) is 25.2. The van der Waals surface area contributed by atoms with E-state index in [1.165, 1.54) is 24.3 Å². The second-order valence-electron chi connectivity index (χ2n) is 19.7. The normalized spacial score (nSPS) is 13.6. The van der Waals surface area contributed by atoms with E-state index in [-0.39, 0.29) is 79.3 Å². The van der Waals surface area contributed by atoms with Gasteiger partial charge in [0.25, 0.3) is 0 Å². The fourth-order valence-electron chi connectivity index (χ4n) is 7.60. The van der Waals surface area contributed by atoms with Gasteiger partial charge in [-0.15, -0.1) is 0 Å². The molecule has 4 aromatic carbocycles. The van der Waals surface area contributed by atoms with Crippen LogP contribution < -0.4 is 31.9 Å². The van der Waals surface area contributed by atoms with Crippen LogP contribution in [0.15, 0.2) is 109 Å². The second kappa shape index (κ2) is 30.6. The Morgan fingerprint density at radius 3 is 1.15 bits per heavy atom. The Morgan fingerprint density at radius 2 is 0.806 bits per heavy atom. The molecular weight excluding hydrogens is 917 g/mol.